The minimum absolute atomic E-state index is 0.780. The molecule has 0 aliphatic heterocycles. The van der Waals surface area contributed by atoms with Crippen LogP contribution in [0.1, 0.15) is 11.1 Å². The van der Waals surface area contributed by atoms with Gasteiger partial charge in [0.2, 0.25) is 0 Å². The zero-order valence-corrected chi connectivity index (χ0v) is 10.9. The summed E-state index contributed by atoms with van der Waals surface area (Å²) in [6.07, 6.45) is 0. The lowest BCUT2D eigenvalue weighted by Gasteiger charge is -2.11. The number of thiol groups is 1. The lowest BCUT2D eigenvalue weighted by atomic mass is 9.98. The Hall–Kier alpha value is -0.920. The molecule has 0 amide bonds. The fraction of sp³-hybridized carbons (Fsp3) is 0.143. The van der Waals surface area contributed by atoms with E-state index in [0.717, 1.165) is 21.0 Å². The van der Waals surface area contributed by atoms with Gasteiger partial charge in [-0.25, -0.2) is 0 Å². The summed E-state index contributed by atoms with van der Waals surface area (Å²) >= 11 is 10.7. The second-order valence-corrected chi connectivity index (χ2v) is 4.74. The molecule has 0 heterocycles. The Labute approximate surface area is 107 Å². The van der Waals surface area contributed by atoms with Crippen molar-refractivity contribution in [2.24, 2.45) is 0 Å². The van der Waals surface area contributed by atoms with Crippen molar-refractivity contribution in [1.29, 1.82) is 0 Å². The van der Waals surface area contributed by atoms with Crippen LogP contribution in [-0.2, 0) is 0 Å². The van der Waals surface area contributed by atoms with Crippen LogP contribution in [0.2, 0.25) is 5.02 Å². The molecular weight excluding hydrogens is 236 g/mol. The highest BCUT2D eigenvalue weighted by Crippen LogP contribution is 2.33. The first kappa shape index (κ1) is 11.6. The van der Waals surface area contributed by atoms with E-state index in [0.29, 0.717) is 0 Å². The van der Waals surface area contributed by atoms with Crippen molar-refractivity contribution in [2.75, 3.05) is 0 Å². The van der Waals surface area contributed by atoms with E-state index in [-0.39, 0.29) is 0 Å². The van der Waals surface area contributed by atoms with Crippen molar-refractivity contribution in [3.05, 3.63) is 52.5 Å². The maximum Gasteiger partial charge on any atom is 0.0484 e. The molecule has 0 fully saturated rings. The molecule has 16 heavy (non-hydrogen) atoms. The van der Waals surface area contributed by atoms with E-state index in [1.54, 1.807) is 0 Å². The van der Waals surface area contributed by atoms with Crippen molar-refractivity contribution in [1.82, 2.24) is 0 Å². The fourth-order valence-electron chi connectivity index (χ4n) is 1.81. The summed E-state index contributed by atoms with van der Waals surface area (Å²) in [4.78, 5) is 1.04. The summed E-state index contributed by atoms with van der Waals surface area (Å²) in [5.41, 5.74) is 4.59. The van der Waals surface area contributed by atoms with E-state index in [9.17, 15) is 0 Å². The number of hydrogen-bond donors (Lipinski definition) is 1. The standard InChI is InChI=1S/C14H13ClS/c1-9-7-8-11(10(2)14(9)16)12-5-3-4-6-13(12)15/h3-8,16H,1-2H3. The number of aryl methyl sites for hydroxylation is 1. The van der Waals surface area contributed by atoms with E-state index in [1.165, 1.54) is 11.1 Å². The van der Waals surface area contributed by atoms with Crippen LogP contribution in [0.5, 0.6) is 0 Å². The lowest BCUT2D eigenvalue weighted by Crippen LogP contribution is -1.88. The molecule has 0 saturated carbocycles. The van der Waals surface area contributed by atoms with Gasteiger partial charge < -0.3 is 0 Å². The summed E-state index contributed by atoms with van der Waals surface area (Å²) in [7, 11) is 0. The van der Waals surface area contributed by atoms with Gasteiger partial charge in [0, 0.05) is 15.5 Å². The zero-order chi connectivity index (χ0) is 11.7. The topological polar surface area (TPSA) is 0 Å². The first-order valence-corrected chi connectivity index (χ1v) is 5.98. The van der Waals surface area contributed by atoms with E-state index in [2.05, 4.69) is 38.6 Å². The molecule has 2 aromatic rings. The maximum atomic E-state index is 6.20. The molecular formula is C14H13ClS. The predicted octanol–water partition coefficient (Wildman–Crippen LogP) is 4.91. The molecule has 82 valence electrons. The summed E-state index contributed by atoms with van der Waals surface area (Å²) < 4.78 is 0. The zero-order valence-electron chi connectivity index (χ0n) is 9.29. The SMILES string of the molecule is Cc1ccc(-c2ccccc2Cl)c(C)c1S. The van der Waals surface area contributed by atoms with Gasteiger partial charge in [-0.2, -0.15) is 0 Å². The highest BCUT2D eigenvalue weighted by molar-refractivity contribution is 7.80. The second-order valence-electron chi connectivity index (χ2n) is 3.88. The van der Waals surface area contributed by atoms with Gasteiger partial charge in [0.15, 0.2) is 0 Å². The van der Waals surface area contributed by atoms with Crippen LogP contribution in [0.3, 0.4) is 0 Å². The number of halogens is 1. The second kappa shape index (κ2) is 4.52. The highest BCUT2D eigenvalue weighted by atomic mass is 35.5. The van der Waals surface area contributed by atoms with E-state index >= 15 is 0 Å². The first-order valence-electron chi connectivity index (χ1n) is 5.15. The number of hydrogen-bond acceptors (Lipinski definition) is 1. The number of benzene rings is 2. The van der Waals surface area contributed by atoms with Crippen molar-refractivity contribution in [3.8, 4) is 11.1 Å². The average molecular weight is 249 g/mol. The molecule has 0 nitrogen and oxygen atoms in total. The molecule has 0 atom stereocenters. The molecule has 0 aliphatic carbocycles. The van der Waals surface area contributed by atoms with Gasteiger partial charge in [0.1, 0.15) is 0 Å². The Morgan fingerprint density at radius 3 is 2.31 bits per heavy atom. The van der Waals surface area contributed by atoms with Crippen LogP contribution < -0.4 is 0 Å². The molecule has 2 aromatic carbocycles. The van der Waals surface area contributed by atoms with Crippen LogP contribution >= 0.6 is 24.2 Å². The summed E-state index contributed by atoms with van der Waals surface area (Å²) in [5.74, 6) is 0. The minimum atomic E-state index is 0.780. The van der Waals surface area contributed by atoms with Gasteiger partial charge >= 0.3 is 0 Å². The summed E-state index contributed by atoms with van der Waals surface area (Å²) in [5, 5.41) is 0.780. The smallest absolute Gasteiger partial charge is 0.0484 e. The van der Waals surface area contributed by atoms with Gasteiger partial charge in [-0.15, -0.1) is 12.6 Å². The Morgan fingerprint density at radius 1 is 0.938 bits per heavy atom. The quantitative estimate of drug-likeness (QED) is 0.681. The Kier molecular flexibility index (Phi) is 3.27. The van der Waals surface area contributed by atoms with Crippen LogP contribution in [-0.4, -0.2) is 0 Å². The normalized spacial score (nSPS) is 10.5. The lowest BCUT2D eigenvalue weighted by molar-refractivity contribution is 1.23. The van der Waals surface area contributed by atoms with Crippen molar-refractivity contribution >= 4 is 24.2 Å². The van der Waals surface area contributed by atoms with Gasteiger partial charge in [-0.3, -0.25) is 0 Å². The molecule has 2 heteroatoms. The minimum Gasteiger partial charge on any atom is -0.143 e. The van der Waals surface area contributed by atoms with Crippen LogP contribution in [0.25, 0.3) is 11.1 Å². The summed E-state index contributed by atoms with van der Waals surface area (Å²) in [6, 6.07) is 12.1. The van der Waals surface area contributed by atoms with Crippen molar-refractivity contribution in [2.45, 2.75) is 18.7 Å². The monoisotopic (exact) mass is 248 g/mol. The van der Waals surface area contributed by atoms with Crippen molar-refractivity contribution in [3.63, 3.8) is 0 Å². The third-order valence-corrected chi connectivity index (χ3v) is 3.81. The van der Waals surface area contributed by atoms with Crippen LogP contribution in [0.4, 0.5) is 0 Å². The molecule has 0 unspecified atom stereocenters. The maximum absolute atomic E-state index is 6.20. The highest BCUT2D eigenvalue weighted by Gasteiger charge is 2.08. The van der Waals surface area contributed by atoms with E-state index in [4.69, 9.17) is 11.6 Å². The van der Waals surface area contributed by atoms with E-state index in [1.807, 2.05) is 24.3 Å². The van der Waals surface area contributed by atoms with Gasteiger partial charge in [0.05, 0.1) is 0 Å². The molecule has 0 spiro atoms. The van der Waals surface area contributed by atoms with Crippen molar-refractivity contribution < 1.29 is 0 Å². The third kappa shape index (κ3) is 1.98. The molecule has 0 bridgehead atoms. The Morgan fingerprint density at radius 2 is 1.62 bits per heavy atom. The third-order valence-electron chi connectivity index (χ3n) is 2.80. The Balaban J connectivity index is 2.66. The average Bonchev–Trinajstić information content (AvgIpc) is 2.28. The number of rotatable bonds is 1. The molecule has 0 aromatic heterocycles. The summed E-state index contributed by atoms with van der Waals surface area (Å²) in [6.45, 7) is 4.14. The fourth-order valence-corrected chi connectivity index (χ4v) is 2.24. The van der Waals surface area contributed by atoms with Gasteiger partial charge in [-0.1, -0.05) is 41.9 Å². The van der Waals surface area contributed by atoms with Crippen LogP contribution in [0, 0.1) is 13.8 Å². The molecule has 0 saturated heterocycles. The first-order chi connectivity index (χ1) is 7.61. The Bertz CT molecular complexity index is 532. The largest absolute Gasteiger partial charge is 0.143 e. The molecule has 0 aliphatic rings. The molecule has 2 rings (SSSR count). The van der Waals surface area contributed by atoms with E-state index < -0.39 is 0 Å². The van der Waals surface area contributed by atoms with Crippen LogP contribution in [0.15, 0.2) is 41.3 Å². The van der Waals surface area contributed by atoms with Gasteiger partial charge in [-0.05, 0) is 36.6 Å². The predicted molar refractivity (Wildman–Crippen MR) is 73.6 cm³/mol. The molecule has 0 N–H and O–H groups in total. The molecule has 0 radical (unpaired) electrons. The van der Waals surface area contributed by atoms with Gasteiger partial charge in [0.25, 0.3) is 0 Å².